The van der Waals surface area contributed by atoms with E-state index in [4.69, 9.17) is 9.97 Å². The lowest BCUT2D eigenvalue weighted by Gasteiger charge is -2.25. The van der Waals surface area contributed by atoms with E-state index in [1.807, 2.05) is 18.5 Å². The van der Waals surface area contributed by atoms with E-state index in [2.05, 4.69) is 46.3 Å². The predicted molar refractivity (Wildman–Crippen MR) is 108 cm³/mol. The molecule has 0 saturated carbocycles. The number of aryl methyl sites for hydroxylation is 1. The minimum absolute atomic E-state index is 0.146. The number of aliphatic hydroxyl groups is 1. The Kier molecular flexibility index (Phi) is 4.29. The first-order valence-corrected chi connectivity index (χ1v) is 9.60. The number of β-amino-alcohol motifs (C(OH)–C–C–N with tert-alkyl or cyclic N) is 1. The third-order valence-electron chi connectivity index (χ3n) is 4.91. The standard InChI is InChI=1S/C19H28N8O/c1-12-9-21-24-13(12)8-14-22-16-15(27(11-20-16)25-18(2,3)4)17(23-14)26-7-6-19(5,28)10-26/h9,11,25,28H,6-8,10H2,1-5H3,(H,21,24). The van der Waals surface area contributed by atoms with Crippen LogP contribution in [0.5, 0.6) is 0 Å². The maximum atomic E-state index is 10.5. The Morgan fingerprint density at radius 2 is 2.11 bits per heavy atom. The lowest BCUT2D eigenvalue weighted by Crippen LogP contribution is -2.35. The second-order valence-corrected chi connectivity index (χ2v) is 8.99. The van der Waals surface area contributed by atoms with Crippen LogP contribution in [0.3, 0.4) is 0 Å². The van der Waals surface area contributed by atoms with Gasteiger partial charge in [0, 0.05) is 30.7 Å². The summed E-state index contributed by atoms with van der Waals surface area (Å²) in [7, 11) is 0. The Morgan fingerprint density at radius 1 is 1.32 bits per heavy atom. The Labute approximate surface area is 164 Å². The molecule has 4 rings (SSSR count). The predicted octanol–water partition coefficient (Wildman–Crippen LogP) is 1.75. The van der Waals surface area contributed by atoms with Crippen LogP contribution in [0.25, 0.3) is 11.2 Å². The first kappa shape index (κ1) is 18.7. The molecule has 1 unspecified atom stereocenters. The molecule has 28 heavy (non-hydrogen) atoms. The molecule has 0 bridgehead atoms. The number of anilines is 1. The minimum Gasteiger partial charge on any atom is -0.388 e. The highest BCUT2D eigenvalue weighted by atomic mass is 16.3. The van der Waals surface area contributed by atoms with E-state index in [-0.39, 0.29) is 5.54 Å². The third-order valence-corrected chi connectivity index (χ3v) is 4.91. The summed E-state index contributed by atoms with van der Waals surface area (Å²) in [6.07, 6.45) is 4.80. The fourth-order valence-corrected chi connectivity index (χ4v) is 3.53. The van der Waals surface area contributed by atoms with Crippen molar-refractivity contribution in [2.45, 2.75) is 58.6 Å². The smallest absolute Gasteiger partial charge is 0.185 e. The normalized spacial score (nSPS) is 20.3. The van der Waals surface area contributed by atoms with Crippen molar-refractivity contribution >= 4 is 17.0 Å². The molecule has 3 aromatic rings. The molecule has 3 N–H and O–H groups in total. The van der Waals surface area contributed by atoms with Crippen molar-refractivity contribution in [2.75, 3.05) is 23.4 Å². The van der Waals surface area contributed by atoms with Crippen LogP contribution in [-0.2, 0) is 6.42 Å². The topological polar surface area (TPSA) is 108 Å². The molecule has 0 amide bonds. The van der Waals surface area contributed by atoms with Crippen molar-refractivity contribution in [2.24, 2.45) is 0 Å². The maximum Gasteiger partial charge on any atom is 0.185 e. The first-order chi connectivity index (χ1) is 13.1. The lowest BCUT2D eigenvalue weighted by molar-refractivity contribution is 0.0839. The van der Waals surface area contributed by atoms with Crippen LogP contribution >= 0.6 is 0 Å². The molecule has 150 valence electrons. The van der Waals surface area contributed by atoms with Crippen LogP contribution in [-0.4, -0.2) is 59.2 Å². The number of fused-ring (bicyclic) bond motifs is 1. The highest BCUT2D eigenvalue weighted by Gasteiger charge is 2.34. The van der Waals surface area contributed by atoms with Gasteiger partial charge in [0.05, 0.1) is 11.8 Å². The second kappa shape index (κ2) is 6.44. The van der Waals surface area contributed by atoms with Gasteiger partial charge in [0.15, 0.2) is 17.0 Å². The van der Waals surface area contributed by atoms with E-state index < -0.39 is 5.60 Å². The third kappa shape index (κ3) is 3.66. The van der Waals surface area contributed by atoms with Gasteiger partial charge < -0.3 is 15.4 Å². The van der Waals surface area contributed by atoms with Crippen LogP contribution in [0, 0.1) is 6.92 Å². The van der Waals surface area contributed by atoms with Crippen LogP contribution in [0.2, 0.25) is 0 Å². The Hall–Kier alpha value is -2.68. The maximum absolute atomic E-state index is 10.5. The molecular formula is C19H28N8O. The summed E-state index contributed by atoms with van der Waals surface area (Å²) in [4.78, 5) is 16.2. The van der Waals surface area contributed by atoms with Crippen molar-refractivity contribution in [3.63, 3.8) is 0 Å². The average Bonchev–Trinajstić information content (AvgIpc) is 3.26. The van der Waals surface area contributed by atoms with Gasteiger partial charge in [-0.25, -0.2) is 19.6 Å². The Bertz CT molecular complexity index is 997. The number of imidazole rings is 1. The van der Waals surface area contributed by atoms with Gasteiger partial charge in [-0.3, -0.25) is 5.10 Å². The van der Waals surface area contributed by atoms with Crippen molar-refractivity contribution in [3.8, 4) is 0 Å². The number of hydrogen-bond acceptors (Lipinski definition) is 7. The molecule has 0 aliphatic carbocycles. The van der Waals surface area contributed by atoms with Crippen LogP contribution in [0.15, 0.2) is 12.5 Å². The molecule has 0 radical (unpaired) electrons. The lowest BCUT2D eigenvalue weighted by atomic mass is 10.1. The zero-order valence-electron chi connectivity index (χ0n) is 17.1. The molecule has 1 atom stereocenters. The van der Waals surface area contributed by atoms with E-state index in [9.17, 15) is 5.11 Å². The largest absolute Gasteiger partial charge is 0.388 e. The van der Waals surface area contributed by atoms with E-state index in [1.54, 1.807) is 12.5 Å². The van der Waals surface area contributed by atoms with Gasteiger partial charge in [-0.1, -0.05) is 0 Å². The van der Waals surface area contributed by atoms with Gasteiger partial charge in [-0.05, 0) is 46.6 Å². The van der Waals surface area contributed by atoms with Gasteiger partial charge in [-0.2, -0.15) is 5.10 Å². The molecule has 1 aliphatic rings. The molecule has 1 fully saturated rings. The number of aromatic amines is 1. The molecule has 4 heterocycles. The molecule has 1 saturated heterocycles. The molecule has 9 heteroatoms. The molecular weight excluding hydrogens is 356 g/mol. The zero-order chi connectivity index (χ0) is 20.1. The summed E-state index contributed by atoms with van der Waals surface area (Å²) in [5.74, 6) is 1.48. The highest BCUT2D eigenvalue weighted by Crippen LogP contribution is 2.30. The van der Waals surface area contributed by atoms with Crippen molar-refractivity contribution in [3.05, 3.63) is 29.6 Å². The summed E-state index contributed by atoms with van der Waals surface area (Å²) < 4.78 is 1.89. The van der Waals surface area contributed by atoms with E-state index in [0.29, 0.717) is 30.9 Å². The SMILES string of the molecule is Cc1cn[nH]c1Cc1nc(N2CCC(C)(O)C2)c2c(ncn2NC(C)(C)C)n1. The summed E-state index contributed by atoms with van der Waals surface area (Å²) in [5, 5.41) is 17.6. The molecule has 1 aliphatic heterocycles. The first-order valence-electron chi connectivity index (χ1n) is 9.60. The van der Waals surface area contributed by atoms with Gasteiger partial charge in [0.25, 0.3) is 0 Å². The molecule has 9 nitrogen and oxygen atoms in total. The summed E-state index contributed by atoms with van der Waals surface area (Å²) in [6, 6.07) is 0. The van der Waals surface area contributed by atoms with Gasteiger partial charge >= 0.3 is 0 Å². The number of aromatic nitrogens is 6. The Balaban J connectivity index is 1.81. The van der Waals surface area contributed by atoms with Crippen molar-refractivity contribution in [1.82, 2.24) is 29.8 Å². The number of nitrogens with one attached hydrogen (secondary N) is 2. The molecule has 0 spiro atoms. The van der Waals surface area contributed by atoms with Gasteiger partial charge in [0.2, 0.25) is 0 Å². The summed E-state index contributed by atoms with van der Waals surface area (Å²) in [5.41, 5.74) is 6.10. The van der Waals surface area contributed by atoms with E-state index in [0.717, 1.165) is 29.1 Å². The highest BCUT2D eigenvalue weighted by molar-refractivity contribution is 5.84. The summed E-state index contributed by atoms with van der Waals surface area (Å²) >= 11 is 0. The van der Waals surface area contributed by atoms with E-state index >= 15 is 0 Å². The minimum atomic E-state index is -0.723. The van der Waals surface area contributed by atoms with Gasteiger partial charge in [-0.15, -0.1) is 0 Å². The van der Waals surface area contributed by atoms with E-state index in [1.165, 1.54) is 0 Å². The number of rotatable bonds is 4. The van der Waals surface area contributed by atoms with Crippen molar-refractivity contribution in [1.29, 1.82) is 0 Å². The second-order valence-electron chi connectivity index (χ2n) is 8.99. The van der Waals surface area contributed by atoms with Crippen LogP contribution < -0.4 is 10.3 Å². The quantitative estimate of drug-likeness (QED) is 0.629. The molecule has 3 aromatic heterocycles. The van der Waals surface area contributed by atoms with Gasteiger partial charge in [0.1, 0.15) is 12.2 Å². The fraction of sp³-hybridized carbons (Fsp3) is 0.579. The summed E-state index contributed by atoms with van der Waals surface area (Å²) in [6.45, 7) is 11.4. The number of hydrogen-bond donors (Lipinski definition) is 3. The number of H-pyrrole nitrogens is 1. The van der Waals surface area contributed by atoms with Crippen LogP contribution in [0.1, 0.15) is 51.2 Å². The Morgan fingerprint density at radius 3 is 2.71 bits per heavy atom. The average molecular weight is 384 g/mol. The molecule has 0 aromatic carbocycles. The number of nitrogens with zero attached hydrogens (tertiary/aromatic N) is 6. The fourth-order valence-electron chi connectivity index (χ4n) is 3.53. The monoisotopic (exact) mass is 384 g/mol. The zero-order valence-corrected chi connectivity index (χ0v) is 17.1. The van der Waals surface area contributed by atoms with Crippen LogP contribution in [0.4, 0.5) is 5.82 Å². The van der Waals surface area contributed by atoms with Crippen molar-refractivity contribution < 1.29 is 5.11 Å².